The summed E-state index contributed by atoms with van der Waals surface area (Å²) in [6.07, 6.45) is 3.42. The van der Waals surface area contributed by atoms with E-state index in [0.29, 0.717) is 12.5 Å². The standard InChI is InChI=1S/C13H27BO2/c1-6-13(14)16-12(8-7-10(2)3)9-15-11(4)5/h10-13H,6-9H2,1-5H3/t12-,13-/m1/s1. The maximum atomic E-state index is 5.81. The van der Waals surface area contributed by atoms with Crippen LogP contribution in [-0.4, -0.2) is 32.7 Å². The van der Waals surface area contributed by atoms with Crippen molar-refractivity contribution >= 4 is 7.85 Å². The normalized spacial score (nSPS) is 15.7. The molecule has 0 amide bonds. The lowest BCUT2D eigenvalue weighted by Gasteiger charge is -2.24. The summed E-state index contributed by atoms with van der Waals surface area (Å²) in [7, 11) is 5.81. The Morgan fingerprint density at radius 2 is 1.69 bits per heavy atom. The Kier molecular flexibility index (Phi) is 9.05. The van der Waals surface area contributed by atoms with E-state index in [9.17, 15) is 0 Å². The van der Waals surface area contributed by atoms with Crippen molar-refractivity contribution in [1.29, 1.82) is 0 Å². The number of ether oxygens (including phenoxy) is 2. The molecule has 0 N–H and O–H groups in total. The van der Waals surface area contributed by atoms with Crippen LogP contribution in [-0.2, 0) is 9.47 Å². The Balaban J connectivity index is 3.94. The molecule has 0 saturated heterocycles. The molecular formula is C13H27BO2. The molecule has 0 unspecified atom stereocenters. The monoisotopic (exact) mass is 226 g/mol. The maximum Gasteiger partial charge on any atom is 0.108 e. The van der Waals surface area contributed by atoms with E-state index in [1.807, 2.05) is 20.8 Å². The van der Waals surface area contributed by atoms with Gasteiger partial charge in [-0.2, -0.15) is 0 Å². The van der Waals surface area contributed by atoms with Gasteiger partial charge in [0.1, 0.15) is 7.85 Å². The lowest BCUT2D eigenvalue weighted by molar-refractivity contribution is -0.0517. The van der Waals surface area contributed by atoms with Crippen molar-refractivity contribution in [1.82, 2.24) is 0 Å². The molecule has 2 atom stereocenters. The minimum atomic E-state index is -0.159. The first-order chi connectivity index (χ1) is 7.45. The topological polar surface area (TPSA) is 18.5 Å². The van der Waals surface area contributed by atoms with Crippen molar-refractivity contribution in [3.05, 3.63) is 0 Å². The van der Waals surface area contributed by atoms with E-state index in [0.717, 1.165) is 19.3 Å². The smallest absolute Gasteiger partial charge is 0.108 e. The van der Waals surface area contributed by atoms with Gasteiger partial charge in [-0.15, -0.1) is 0 Å². The van der Waals surface area contributed by atoms with E-state index in [-0.39, 0.29) is 18.2 Å². The summed E-state index contributed by atoms with van der Waals surface area (Å²) in [6, 6.07) is -0.159. The fourth-order valence-corrected chi connectivity index (χ4v) is 1.35. The van der Waals surface area contributed by atoms with E-state index in [1.54, 1.807) is 0 Å². The summed E-state index contributed by atoms with van der Waals surface area (Å²) in [6.45, 7) is 11.2. The van der Waals surface area contributed by atoms with Gasteiger partial charge in [-0.3, -0.25) is 0 Å². The maximum absolute atomic E-state index is 5.81. The highest BCUT2D eigenvalue weighted by Gasteiger charge is 2.14. The quantitative estimate of drug-likeness (QED) is 0.562. The minimum absolute atomic E-state index is 0.139. The predicted molar refractivity (Wildman–Crippen MR) is 69.9 cm³/mol. The molecule has 0 saturated carbocycles. The Hall–Kier alpha value is -0.0151. The van der Waals surface area contributed by atoms with E-state index < -0.39 is 0 Å². The van der Waals surface area contributed by atoms with Crippen LogP contribution in [0.1, 0.15) is 53.9 Å². The fraction of sp³-hybridized carbons (Fsp3) is 1.00. The first-order valence-electron chi connectivity index (χ1n) is 6.48. The van der Waals surface area contributed by atoms with Crippen LogP contribution in [0.4, 0.5) is 0 Å². The van der Waals surface area contributed by atoms with Crippen LogP contribution in [0.3, 0.4) is 0 Å². The van der Waals surface area contributed by atoms with Crippen molar-refractivity contribution in [2.75, 3.05) is 6.61 Å². The molecule has 0 rings (SSSR count). The molecule has 3 heteroatoms. The van der Waals surface area contributed by atoms with Crippen molar-refractivity contribution in [3.8, 4) is 0 Å². The second kappa shape index (κ2) is 9.06. The molecule has 0 aliphatic heterocycles. The molecule has 0 aromatic rings. The van der Waals surface area contributed by atoms with Crippen molar-refractivity contribution in [2.45, 2.75) is 72.1 Å². The second-order valence-electron chi connectivity index (χ2n) is 5.06. The van der Waals surface area contributed by atoms with Crippen molar-refractivity contribution in [2.24, 2.45) is 5.92 Å². The predicted octanol–water partition coefficient (Wildman–Crippen LogP) is 3.14. The Labute approximate surface area is 102 Å². The van der Waals surface area contributed by atoms with Gasteiger partial charge >= 0.3 is 0 Å². The molecule has 0 fully saturated rings. The summed E-state index contributed by atoms with van der Waals surface area (Å²) < 4.78 is 11.4. The molecule has 16 heavy (non-hydrogen) atoms. The van der Waals surface area contributed by atoms with Crippen LogP contribution in [0.15, 0.2) is 0 Å². The zero-order valence-corrected chi connectivity index (χ0v) is 11.5. The molecule has 94 valence electrons. The van der Waals surface area contributed by atoms with Gasteiger partial charge in [0.2, 0.25) is 0 Å². The first kappa shape index (κ1) is 16.0. The van der Waals surface area contributed by atoms with Gasteiger partial charge in [0.05, 0.1) is 18.8 Å². The van der Waals surface area contributed by atoms with Crippen LogP contribution in [0.5, 0.6) is 0 Å². The summed E-state index contributed by atoms with van der Waals surface area (Å²) in [5.41, 5.74) is 0. The lowest BCUT2D eigenvalue weighted by Crippen LogP contribution is -2.28. The zero-order chi connectivity index (χ0) is 12.6. The Morgan fingerprint density at radius 1 is 1.06 bits per heavy atom. The van der Waals surface area contributed by atoms with Crippen molar-refractivity contribution < 1.29 is 9.47 Å². The molecule has 0 aliphatic carbocycles. The molecule has 0 aromatic carbocycles. The van der Waals surface area contributed by atoms with Crippen LogP contribution in [0, 0.1) is 5.92 Å². The molecule has 0 bridgehead atoms. The molecule has 2 radical (unpaired) electrons. The van der Waals surface area contributed by atoms with E-state index in [4.69, 9.17) is 17.3 Å². The highest BCUT2D eigenvalue weighted by atomic mass is 16.5. The number of hydrogen-bond donors (Lipinski definition) is 0. The number of rotatable bonds is 9. The summed E-state index contributed by atoms with van der Waals surface area (Å²) in [4.78, 5) is 0. The lowest BCUT2D eigenvalue weighted by atomic mass is 9.97. The SMILES string of the molecule is [B][C@@H](CC)O[C@H](CCC(C)C)COC(C)C. The third-order valence-corrected chi connectivity index (χ3v) is 2.45. The highest BCUT2D eigenvalue weighted by Crippen LogP contribution is 2.12. The van der Waals surface area contributed by atoms with Crippen LogP contribution in [0.25, 0.3) is 0 Å². The first-order valence-corrected chi connectivity index (χ1v) is 6.48. The van der Waals surface area contributed by atoms with Gasteiger partial charge in [-0.1, -0.05) is 20.8 Å². The fourth-order valence-electron chi connectivity index (χ4n) is 1.35. The second-order valence-corrected chi connectivity index (χ2v) is 5.06. The van der Waals surface area contributed by atoms with Gasteiger partial charge in [-0.25, -0.2) is 0 Å². The van der Waals surface area contributed by atoms with Gasteiger partial charge < -0.3 is 9.47 Å². The average molecular weight is 226 g/mol. The summed E-state index contributed by atoms with van der Waals surface area (Å²) in [5, 5.41) is 0. The third-order valence-electron chi connectivity index (χ3n) is 2.45. The van der Waals surface area contributed by atoms with Crippen molar-refractivity contribution in [3.63, 3.8) is 0 Å². The molecule has 0 aliphatic rings. The molecule has 0 spiro atoms. The van der Waals surface area contributed by atoms with Crippen LogP contribution >= 0.6 is 0 Å². The van der Waals surface area contributed by atoms with Gasteiger partial charge in [0, 0.05) is 6.00 Å². The van der Waals surface area contributed by atoms with E-state index in [1.165, 1.54) is 0 Å². The summed E-state index contributed by atoms with van der Waals surface area (Å²) in [5.74, 6) is 0.697. The number of hydrogen-bond acceptors (Lipinski definition) is 2. The minimum Gasteiger partial charge on any atom is -0.382 e. The zero-order valence-electron chi connectivity index (χ0n) is 11.5. The Bertz CT molecular complexity index is 148. The summed E-state index contributed by atoms with van der Waals surface area (Å²) >= 11 is 0. The Morgan fingerprint density at radius 3 is 2.12 bits per heavy atom. The molecular weight excluding hydrogens is 199 g/mol. The largest absolute Gasteiger partial charge is 0.382 e. The van der Waals surface area contributed by atoms with Crippen LogP contribution in [0.2, 0.25) is 0 Å². The van der Waals surface area contributed by atoms with Gasteiger partial charge in [0.25, 0.3) is 0 Å². The molecule has 0 aromatic heterocycles. The molecule has 0 heterocycles. The average Bonchev–Trinajstić information content (AvgIpc) is 2.21. The van der Waals surface area contributed by atoms with Gasteiger partial charge in [0.15, 0.2) is 0 Å². The van der Waals surface area contributed by atoms with E-state index >= 15 is 0 Å². The molecule has 2 nitrogen and oxygen atoms in total. The van der Waals surface area contributed by atoms with Gasteiger partial charge in [-0.05, 0) is 39.0 Å². The van der Waals surface area contributed by atoms with E-state index in [2.05, 4.69) is 13.8 Å². The van der Waals surface area contributed by atoms with Crippen LogP contribution < -0.4 is 0 Å². The highest BCUT2D eigenvalue weighted by molar-refractivity contribution is 6.10. The third kappa shape index (κ3) is 9.23.